The average Bonchev–Trinajstić information content (AvgIpc) is 2.41. The summed E-state index contributed by atoms with van der Waals surface area (Å²) < 4.78 is 5.97. The van der Waals surface area contributed by atoms with Crippen LogP contribution in [-0.4, -0.2) is 24.4 Å². The fraction of sp³-hybridized carbons (Fsp3) is 0.533. The lowest BCUT2D eigenvalue weighted by Gasteiger charge is -2.28. The molecule has 0 radical (unpaired) electrons. The van der Waals surface area contributed by atoms with E-state index in [-0.39, 0.29) is 17.8 Å². The number of carbonyl (C=O) groups is 1. The molecule has 0 aromatic heterocycles. The first-order chi connectivity index (χ1) is 9.15. The molecule has 2 rings (SSSR count). The molecule has 0 bridgehead atoms. The Labute approximate surface area is 119 Å². The smallest absolute Gasteiger partial charge is 0.226 e. The first kappa shape index (κ1) is 14.4. The van der Waals surface area contributed by atoms with Gasteiger partial charge in [-0.05, 0) is 68.1 Å². The van der Waals surface area contributed by atoms with Gasteiger partial charge in [-0.1, -0.05) is 12.1 Å². The molecule has 1 N–H and O–H groups in total. The summed E-state index contributed by atoms with van der Waals surface area (Å²) in [6, 6.07) is 7.61. The van der Waals surface area contributed by atoms with Crippen LogP contribution in [0.15, 0.2) is 24.3 Å². The van der Waals surface area contributed by atoms with Crippen LogP contribution < -0.4 is 10.1 Å². The van der Waals surface area contributed by atoms with Gasteiger partial charge in [-0.15, -0.1) is 0 Å². The van der Waals surface area contributed by atoms with E-state index in [0.29, 0.717) is 5.92 Å². The fourth-order valence-electron chi connectivity index (χ4n) is 2.47. The van der Waals surface area contributed by atoms with Crippen molar-refractivity contribution in [3.8, 4) is 5.75 Å². The molecule has 1 fully saturated rings. The van der Waals surface area contributed by atoms with E-state index in [9.17, 15) is 4.79 Å². The average molecular weight is 282 g/mol. The molecule has 3 nitrogen and oxygen atoms in total. The van der Waals surface area contributed by atoms with Gasteiger partial charge >= 0.3 is 0 Å². The van der Waals surface area contributed by atoms with E-state index in [4.69, 9.17) is 16.3 Å². The van der Waals surface area contributed by atoms with Crippen LogP contribution in [0.3, 0.4) is 0 Å². The third-order valence-corrected chi connectivity index (χ3v) is 3.77. The molecule has 0 amide bonds. The third kappa shape index (κ3) is 4.51. The molecule has 19 heavy (non-hydrogen) atoms. The van der Waals surface area contributed by atoms with E-state index < -0.39 is 0 Å². The highest BCUT2D eigenvalue weighted by Gasteiger charge is 2.21. The zero-order valence-corrected chi connectivity index (χ0v) is 12.0. The zero-order valence-electron chi connectivity index (χ0n) is 11.2. The molecule has 0 saturated carbocycles. The molecule has 1 aromatic rings. The molecule has 1 heterocycles. The summed E-state index contributed by atoms with van der Waals surface area (Å²) in [4.78, 5) is 10.8. The SMILES string of the molecule is CC(Oc1ccc(CC(=O)Cl)cc1)C1CCNCC1. The number of nitrogens with one attached hydrogen (secondary N) is 1. The van der Waals surface area contributed by atoms with Crippen molar-refractivity contribution in [1.29, 1.82) is 0 Å². The van der Waals surface area contributed by atoms with Crippen LogP contribution in [0, 0.1) is 5.92 Å². The summed E-state index contributed by atoms with van der Waals surface area (Å²) in [5.41, 5.74) is 0.918. The molecule has 104 valence electrons. The lowest BCUT2D eigenvalue weighted by Crippen LogP contribution is -2.35. The van der Waals surface area contributed by atoms with Gasteiger partial charge in [0, 0.05) is 6.42 Å². The normalized spacial score (nSPS) is 18.0. The molecule has 0 aliphatic carbocycles. The van der Waals surface area contributed by atoms with Crippen molar-refractivity contribution < 1.29 is 9.53 Å². The number of benzene rings is 1. The topological polar surface area (TPSA) is 38.3 Å². The Balaban J connectivity index is 1.89. The van der Waals surface area contributed by atoms with Crippen LogP contribution in [0.25, 0.3) is 0 Å². The molecule has 0 spiro atoms. The Bertz CT molecular complexity index is 413. The van der Waals surface area contributed by atoms with E-state index in [1.54, 1.807) is 0 Å². The van der Waals surface area contributed by atoms with E-state index in [1.807, 2.05) is 24.3 Å². The van der Waals surface area contributed by atoms with Crippen LogP contribution in [0.4, 0.5) is 0 Å². The molecule has 1 saturated heterocycles. The van der Waals surface area contributed by atoms with Gasteiger partial charge < -0.3 is 10.1 Å². The Hall–Kier alpha value is -1.06. The first-order valence-electron chi connectivity index (χ1n) is 6.80. The van der Waals surface area contributed by atoms with Crippen molar-refractivity contribution in [3.63, 3.8) is 0 Å². The van der Waals surface area contributed by atoms with Gasteiger partial charge in [-0.3, -0.25) is 4.79 Å². The van der Waals surface area contributed by atoms with Crippen LogP contribution in [-0.2, 0) is 11.2 Å². The maximum atomic E-state index is 10.8. The van der Waals surface area contributed by atoms with Crippen molar-refractivity contribution in [3.05, 3.63) is 29.8 Å². The third-order valence-electron chi connectivity index (χ3n) is 3.64. The van der Waals surface area contributed by atoms with Crippen LogP contribution in [0.2, 0.25) is 0 Å². The zero-order chi connectivity index (χ0) is 13.7. The lowest BCUT2D eigenvalue weighted by molar-refractivity contribution is -0.111. The highest BCUT2D eigenvalue weighted by Crippen LogP contribution is 2.22. The molecule has 1 aliphatic heterocycles. The quantitative estimate of drug-likeness (QED) is 0.844. The summed E-state index contributed by atoms with van der Waals surface area (Å²) in [6.07, 6.45) is 2.83. The number of hydrogen-bond donors (Lipinski definition) is 1. The predicted molar refractivity (Wildman–Crippen MR) is 76.7 cm³/mol. The summed E-state index contributed by atoms with van der Waals surface area (Å²) in [6.45, 7) is 4.29. The fourth-order valence-corrected chi connectivity index (χ4v) is 2.63. The van der Waals surface area contributed by atoms with Crippen LogP contribution in [0.1, 0.15) is 25.3 Å². The second-order valence-electron chi connectivity index (χ2n) is 5.09. The largest absolute Gasteiger partial charge is 0.490 e. The Morgan fingerprint density at radius 2 is 2.00 bits per heavy atom. The summed E-state index contributed by atoms with van der Waals surface area (Å²) in [5.74, 6) is 1.47. The Kier molecular flexibility index (Phi) is 5.23. The van der Waals surface area contributed by atoms with Gasteiger partial charge in [0.1, 0.15) is 5.75 Å². The van der Waals surface area contributed by atoms with E-state index in [1.165, 1.54) is 12.8 Å². The van der Waals surface area contributed by atoms with E-state index in [0.717, 1.165) is 24.4 Å². The van der Waals surface area contributed by atoms with Crippen molar-refractivity contribution in [1.82, 2.24) is 5.32 Å². The minimum atomic E-state index is -0.336. The number of halogens is 1. The van der Waals surface area contributed by atoms with E-state index >= 15 is 0 Å². The molecule has 1 unspecified atom stereocenters. The van der Waals surface area contributed by atoms with Crippen LogP contribution in [0.5, 0.6) is 5.75 Å². The summed E-state index contributed by atoms with van der Waals surface area (Å²) >= 11 is 5.36. The van der Waals surface area contributed by atoms with Crippen molar-refractivity contribution in [2.45, 2.75) is 32.3 Å². The number of piperidine rings is 1. The molecular formula is C15H20ClNO2. The monoisotopic (exact) mass is 281 g/mol. The van der Waals surface area contributed by atoms with Crippen LogP contribution >= 0.6 is 11.6 Å². The van der Waals surface area contributed by atoms with Gasteiger partial charge in [0.2, 0.25) is 5.24 Å². The number of carbonyl (C=O) groups excluding carboxylic acids is 1. The number of hydrogen-bond acceptors (Lipinski definition) is 3. The second-order valence-corrected chi connectivity index (χ2v) is 5.51. The van der Waals surface area contributed by atoms with Crippen molar-refractivity contribution >= 4 is 16.8 Å². The second kappa shape index (κ2) is 6.92. The van der Waals surface area contributed by atoms with E-state index in [2.05, 4.69) is 12.2 Å². The van der Waals surface area contributed by atoms with Gasteiger partial charge in [0.05, 0.1) is 6.10 Å². The minimum Gasteiger partial charge on any atom is -0.490 e. The molecule has 1 aliphatic rings. The minimum absolute atomic E-state index is 0.225. The number of ether oxygens (including phenoxy) is 1. The van der Waals surface area contributed by atoms with Gasteiger partial charge in [0.15, 0.2) is 0 Å². The van der Waals surface area contributed by atoms with Crippen molar-refractivity contribution in [2.75, 3.05) is 13.1 Å². The van der Waals surface area contributed by atoms with Gasteiger partial charge in [0.25, 0.3) is 0 Å². The standard InChI is InChI=1S/C15H20ClNO2/c1-11(13-6-8-17-9-7-13)19-14-4-2-12(3-5-14)10-15(16)18/h2-5,11,13,17H,6-10H2,1H3. The maximum Gasteiger partial charge on any atom is 0.226 e. The Morgan fingerprint density at radius 3 is 2.58 bits per heavy atom. The maximum absolute atomic E-state index is 10.8. The molecule has 4 heteroatoms. The van der Waals surface area contributed by atoms with Gasteiger partial charge in [-0.2, -0.15) is 0 Å². The summed E-state index contributed by atoms with van der Waals surface area (Å²) in [7, 11) is 0. The van der Waals surface area contributed by atoms with Crippen molar-refractivity contribution in [2.24, 2.45) is 5.92 Å². The van der Waals surface area contributed by atoms with Gasteiger partial charge in [-0.25, -0.2) is 0 Å². The highest BCUT2D eigenvalue weighted by molar-refractivity contribution is 6.63. The lowest BCUT2D eigenvalue weighted by atomic mass is 9.93. The number of rotatable bonds is 5. The molecule has 1 atom stereocenters. The molecular weight excluding hydrogens is 262 g/mol. The Morgan fingerprint density at radius 1 is 1.37 bits per heavy atom. The molecule has 1 aromatic carbocycles. The highest BCUT2D eigenvalue weighted by atomic mass is 35.5. The predicted octanol–water partition coefficient (Wildman–Crippen LogP) is 2.76. The summed E-state index contributed by atoms with van der Waals surface area (Å²) in [5, 5.41) is 3.02. The first-order valence-corrected chi connectivity index (χ1v) is 7.17.